The Bertz CT molecular complexity index is 891. The number of ether oxygens (including phenoxy) is 1. The van der Waals surface area contributed by atoms with Gasteiger partial charge in [0, 0.05) is 38.5 Å². The number of aromatic nitrogens is 1. The average Bonchev–Trinajstić information content (AvgIpc) is 3.25. The number of oxazole rings is 1. The second-order valence-corrected chi connectivity index (χ2v) is 6.41. The predicted octanol–water partition coefficient (Wildman–Crippen LogP) is 3.27. The molecule has 0 aliphatic carbocycles. The number of rotatable bonds is 9. The van der Waals surface area contributed by atoms with Crippen molar-refractivity contribution in [1.82, 2.24) is 15.6 Å². The van der Waals surface area contributed by atoms with Gasteiger partial charge >= 0.3 is 0 Å². The number of aliphatic imine (C=N–C) groups is 1. The van der Waals surface area contributed by atoms with E-state index in [1.54, 1.807) is 20.4 Å². The SMILES string of the molecule is CN=C(NCc1ccc(NCCOC)cc1)NCc1coc(-c2ccccc2)n1. The topological polar surface area (TPSA) is 83.7 Å². The van der Waals surface area contributed by atoms with Gasteiger partial charge < -0.3 is 25.1 Å². The van der Waals surface area contributed by atoms with Gasteiger partial charge in [0.25, 0.3) is 0 Å². The van der Waals surface area contributed by atoms with Crippen LogP contribution in [-0.4, -0.2) is 38.3 Å². The summed E-state index contributed by atoms with van der Waals surface area (Å²) in [6, 6.07) is 18.1. The van der Waals surface area contributed by atoms with Crippen LogP contribution in [0.25, 0.3) is 11.5 Å². The summed E-state index contributed by atoms with van der Waals surface area (Å²) >= 11 is 0. The molecular formula is C22H27N5O2. The van der Waals surface area contributed by atoms with Gasteiger partial charge in [0.15, 0.2) is 5.96 Å². The fraction of sp³-hybridized carbons (Fsp3) is 0.273. The summed E-state index contributed by atoms with van der Waals surface area (Å²) < 4.78 is 10.6. The van der Waals surface area contributed by atoms with Crippen LogP contribution in [0.4, 0.5) is 5.69 Å². The van der Waals surface area contributed by atoms with Gasteiger partial charge in [-0.2, -0.15) is 0 Å². The van der Waals surface area contributed by atoms with E-state index in [2.05, 4.69) is 50.2 Å². The van der Waals surface area contributed by atoms with Gasteiger partial charge in [0.05, 0.1) is 18.8 Å². The second kappa shape index (κ2) is 10.9. The monoisotopic (exact) mass is 393 g/mol. The van der Waals surface area contributed by atoms with Gasteiger partial charge in [0.2, 0.25) is 5.89 Å². The normalized spacial score (nSPS) is 11.3. The molecule has 3 rings (SSSR count). The molecule has 0 aliphatic heterocycles. The van der Waals surface area contributed by atoms with Gasteiger partial charge in [-0.3, -0.25) is 4.99 Å². The Hall–Kier alpha value is -3.32. The highest BCUT2D eigenvalue weighted by Crippen LogP contribution is 2.17. The van der Waals surface area contributed by atoms with Crippen molar-refractivity contribution >= 4 is 11.6 Å². The Balaban J connectivity index is 1.46. The molecule has 0 amide bonds. The van der Waals surface area contributed by atoms with Crippen LogP contribution in [0, 0.1) is 0 Å². The van der Waals surface area contributed by atoms with Crippen molar-refractivity contribution in [3.05, 3.63) is 72.1 Å². The highest BCUT2D eigenvalue weighted by Gasteiger charge is 2.07. The highest BCUT2D eigenvalue weighted by atomic mass is 16.5. The fourth-order valence-corrected chi connectivity index (χ4v) is 2.72. The molecule has 0 aliphatic rings. The Morgan fingerprint density at radius 3 is 2.52 bits per heavy atom. The summed E-state index contributed by atoms with van der Waals surface area (Å²) in [5.41, 5.74) is 4.02. The van der Waals surface area contributed by atoms with Crippen molar-refractivity contribution in [1.29, 1.82) is 0 Å². The van der Waals surface area contributed by atoms with E-state index >= 15 is 0 Å². The van der Waals surface area contributed by atoms with Crippen molar-refractivity contribution in [2.75, 3.05) is 32.6 Å². The third-order valence-corrected chi connectivity index (χ3v) is 4.28. The molecule has 0 unspecified atom stereocenters. The number of anilines is 1. The van der Waals surface area contributed by atoms with Crippen LogP contribution in [0.3, 0.4) is 0 Å². The van der Waals surface area contributed by atoms with Crippen LogP contribution in [0.2, 0.25) is 0 Å². The minimum Gasteiger partial charge on any atom is -0.444 e. The van der Waals surface area contributed by atoms with Gasteiger partial charge in [-0.25, -0.2) is 4.98 Å². The van der Waals surface area contributed by atoms with Crippen molar-refractivity contribution in [2.24, 2.45) is 4.99 Å². The quantitative estimate of drug-likeness (QED) is 0.294. The fourth-order valence-electron chi connectivity index (χ4n) is 2.72. The minimum atomic E-state index is 0.526. The molecule has 3 N–H and O–H groups in total. The van der Waals surface area contributed by atoms with Crippen molar-refractivity contribution < 1.29 is 9.15 Å². The first kappa shape index (κ1) is 20.4. The molecule has 0 bridgehead atoms. The number of benzene rings is 2. The molecule has 0 saturated heterocycles. The molecule has 7 heteroatoms. The Labute approximate surface area is 171 Å². The zero-order valence-corrected chi connectivity index (χ0v) is 16.8. The largest absolute Gasteiger partial charge is 0.444 e. The molecule has 29 heavy (non-hydrogen) atoms. The maximum atomic E-state index is 5.57. The maximum Gasteiger partial charge on any atom is 0.226 e. The minimum absolute atomic E-state index is 0.526. The van der Waals surface area contributed by atoms with E-state index in [4.69, 9.17) is 9.15 Å². The third-order valence-electron chi connectivity index (χ3n) is 4.28. The lowest BCUT2D eigenvalue weighted by Gasteiger charge is -2.11. The molecule has 3 aromatic rings. The average molecular weight is 393 g/mol. The van der Waals surface area contributed by atoms with Crippen LogP contribution in [0.1, 0.15) is 11.3 Å². The molecular weight excluding hydrogens is 366 g/mol. The second-order valence-electron chi connectivity index (χ2n) is 6.41. The molecule has 0 saturated carbocycles. The smallest absolute Gasteiger partial charge is 0.226 e. The molecule has 0 atom stereocenters. The summed E-state index contributed by atoms with van der Waals surface area (Å²) in [6.45, 7) is 2.67. The summed E-state index contributed by atoms with van der Waals surface area (Å²) in [6.07, 6.45) is 1.66. The summed E-state index contributed by atoms with van der Waals surface area (Å²) in [7, 11) is 3.44. The van der Waals surface area contributed by atoms with Gasteiger partial charge in [-0.15, -0.1) is 0 Å². The van der Waals surface area contributed by atoms with E-state index in [1.165, 1.54) is 0 Å². The number of guanidine groups is 1. The molecule has 0 radical (unpaired) electrons. The molecule has 1 aromatic heterocycles. The lowest BCUT2D eigenvalue weighted by atomic mass is 10.2. The van der Waals surface area contributed by atoms with Crippen molar-refractivity contribution in [3.63, 3.8) is 0 Å². The lowest BCUT2D eigenvalue weighted by Crippen LogP contribution is -2.36. The van der Waals surface area contributed by atoms with E-state index in [9.17, 15) is 0 Å². The number of hydrogen-bond acceptors (Lipinski definition) is 5. The van der Waals surface area contributed by atoms with Crippen LogP contribution in [0.15, 0.2) is 70.3 Å². The number of hydrogen-bond donors (Lipinski definition) is 3. The van der Waals surface area contributed by atoms with Crippen LogP contribution in [0.5, 0.6) is 0 Å². The van der Waals surface area contributed by atoms with Crippen LogP contribution < -0.4 is 16.0 Å². The lowest BCUT2D eigenvalue weighted by molar-refractivity contribution is 0.211. The number of nitrogens with zero attached hydrogens (tertiary/aromatic N) is 2. The predicted molar refractivity (Wildman–Crippen MR) is 116 cm³/mol. The highest BCUT2D eigenvalue weighted by molar-refractivity contribution is 5.79. The zero-order valence-electron chi connectivity index (χ0n) is 16.8. The molecule has 2 aromatic carbocycles. The van der Waals surface area contributed by atoms with Crippen molar-refractivity contribution in [2.45, 2.75) is 13.1 Å². The maximum absolute atomic E-state index is 5.57. The van der Waals surface area contributed by atoms with E-state index in [1.807, 2.05) is 30.3 Å². The van der Waals surface area contributed by atoms with Crippen molar-refractivity contribution in [3.8, 4) is 11.5 Å². The summed E-state index contributed by atoms with van der Waals surface area (Å²) in [4.78, 5) is 8.78. The van der Waals surface area contributed by atoms with Gasteiger partial charge in [-0.1, -0.05) is 30.3 Å². The molecule has 0 fully saturated rings. The molecule has 0 spiro atoms. The summed E-state index contributed by atoms with van der Waals surface area (Å²) in [5, 5.41) is 9.87. The zero-order chi connectivity index (χ0) is 20.3. The molecule has 7 nitrogen and oxygen atoms in total. The standard InChI is InChI=1S/C22H27N5O2/c1-23-22(25-14-17-8-10-19(11-9-17)24-12-13-28-2)26-15-20-16-29-21(27-20)18-6-4-3-5-7-18/h3-11,16,24H,12-15H2,1-2H3,(H2,23,25,26). The molecule has 1 heterocycles. The van der Waals surface area contributed by atoms with E-state index in [-0.39, 0.29) is 0 Å². The van der Waals surface area contributed by atoms with E-state index < -0.39 is 0 Å². The third kappa shape index (κ3) is 6.36. The van der Waals surface area contributed by atoms with Crippen LogP contribution in [-0.2, 0) is 17.8 Å². The Morgan fingerprint density at radius 2 is 1.79 bits per heavy atom. The van der Waals surface area contributed by atoms with Gasteiger partial charge in [0.1, 0.15) is 6.26 Å². The van der Waals surface area contributed by atoms with Gasteiger partial charge in [-0.05, 0) is 29.8 Å². The van der Waals surface area contributed by atoms with E-state index in [0.29, 0.717) is 31.5 Å². The first-order valence-electron chi connectivity index (χ1n) is 9.54. The van der Waals surface area contributed by atoms with E-state index in [0.717, 1.165) is 29.1 Å². The van der Waals surface area contributed by atoms with Crippen LogP contribution >= 0.6 is 0 Å². The first-order valence-corrected chi connectivity index (χ1v) is 9.54. The number of methoxy groups -OCH3 is 1. The number of nitrogens with one attached hydrogen (secondary N) is 3. The summed E-state index contributed by atoms with van der Waals surface area (Å²) in [5.74, 6) is 1.32. The Kier molecular flexibility index (Phi) is 7.65. The Morgan fingerprint density at radius 1 is 1.03 bits per heavy atom. The molecule has 152 valence electrons. The first-order chi connectivity index (χ1) is 14.3.